The van der Waals surface area contributed by atoms with Gasteiger partial charge in [-0.1, -0.05) is 12.1 Å². The summed E-state index contributed by atoms with van der Waals surface area (Å²) in [6.45, 7) is 2.11. The molecule has 0 radical (unpaired) electrons. The number of aromatic carboxylic acids is 1. The molecule has 5 nitrogen and oxygen atoms in total. The molecule has 0 spiro atoms. The fourth-order valence-electron chi connectivity index (χ4n) is 3.12. The molecule has 2 aromatic rings. The zero-order valence-electron chi connectivity index (χ0n) is 14.6. The molecule has 0 atom stereocenters. The van der Waals surface area contributed by atoms with Gasteiger partial charge in [0, 0.05) is 30.4 Å². The van der Waals surface area contributed by atoms with Gasteiger partial charge in [0.15, 0.2) is 0 Å². The molecule has 1 fully saturated rings. The van der Waals surface area contributed by atoms with Crippen molar-refractivity contribution in [3.8, 4) is 11.8 Å². The molecule has 2 aromatic carbocycles. The number of allylic oxidation sites excluding steroid dienone is 1. The molecule has 0 unspecified atom stereocenters. The first kappa shape index (κ1) is 17.6. The second kappa shape index (κ2) is 7.75. The summed E-state index contributed by atoms with van der Waals surface area (Å²) < 4.78 is 5.52. The fraction of sp³-hybridized carbons (Fsp3) is 0.238. The minimum Gasteiger partial charge on any atom is -0.496 e. The largest absolute Gasteiger partial charge is 0.496 e. The number of rotatable bonds is 5. The summed E-state index contributed by atoms with van der Waals surface area (Å²) in [5.41, 5.74) is 3.26. The number of benzene rings is 2. The highest BCUT2D eigenvalue weighted by atomic mass is 16.5. The highest BCUT2D eigenvalue weighted by Crippen LogP contribution is 2.30. The first-order valence-corrected chi connectivity index (χ1v) is 8.51. The van der Waals surface area contributed by atoms with Crippen molar-refractivity contribution in [2.24, 2.45) is 0 Å². The second-order valence-corrected chi connectivity index (χ2v) is 6.17. The van der Waals surface area contributed by atoms with Crippen LogP contribution in [0.1, 0.15) is 34.3 Å². The van der Waals surface area contributed by atoms with E-state index in [1.807, 2.05) is 18.2 Å². The van der Waals surface area contributed by atoms with E-state index in [4.69, 9.17) is 9.84 Å². The Balaban J connectivity index is 1.93. The van der Waals surface area contributed by atoms with Gasteiger partial charge in [-0.15, -0.1) is 0 Å². The maximum absolute atomic E-state index is 11.0. The van der Waals surface area contributed by atoms with Crippen LogP contribution in [0.2, 0.25) is 0 Å². The van der Waals surface area contributed by atoms with Gasteiger partial charge in [0.2, 0.25) is 0 Å². The smallest absolute Gasteiger partial charge is 0.335 e. The normalized spacial score (nSPS) is 14.2. The molecule has 5 heteroatoms. The van der Waals surface area contributed by atoms with E-state index in [0.717, 1.165) is 24.3 Å². The number of carboxylic acids is 1. The number of carbonyl (C=O) groups is 1. The van der Waals surface area contributed by atoms with Crippen LogP contribution < -0.4 is 9.64 Å². The van der Waals surface area contributed by atoms with Gasteiger partial charge in [-0.25, -0.2) is 4.79 Å². The Hall–Kier alpha value is -3.26. The Bertz CT molecular complexity index is 873. The van der Waals surface area contributed by atoms with Gasteiger partial charge in [0.1, 0.15) is 5.75 Å². The van der Waals surface area contributed by atoms with Gasteiger partial charge in [0.25, 0.3) is 0 Å². The molecule has 1 aliphatic heterocycles. The molecule has 26 heavy (non-hydrogen) atoms. The maximum atomic E-state index is 11.0. The molecule has 1 saturated heterocycles. The van der Waals surface area contributed by atoms with Crippen LogP contribution in [-0.4, -0.2) is 31.3 Å². The van der Waals surface area contributed by atoms with Gasteiger partial charge in [0.05, 0.1) is 24.3 Å². The van der Waals surface area contributed by atoms with Crippen LogP contribution in [0.25, 0.3) is 11.6 Å². The van der Waals surface area contributed by atoms with Crippen LogP contribution in [0.15, 0.2) is 42.5 Å². The number of ether oxygens (including phenoxy) is 1. The summed E-state index contributed by atoms with van der Waals surface area (Å²) >= 11 is 0. The lowest BCUT2D eigenvalue weighted by Gasteiger charge is -2.19. The zero-order chi connectivity index (χ0) is 18.5. The summed E-state index contributed by atoms with van der Waals surface area (Å²) in [6.07, 6.45) is 4.17. The van der Waals surface area contributed by atoms with Crippen molar-refractivity contribution < 1.29 is 14.6 Å². The molecule has 1 aliphatic rings. The third kappa shape index (κ3) is 3.70. The lowest BCUT2D eigenvalue weighted by Crippen LogP contribution is -2.17. The van der Waals surface area contributed by atoms with E-state index in [9.17, 15) is 10.1 Å². The molecule has 1 heterocycles. The summed E-state index contributed by atoms with van der Waals surface area (Å²) in [4.78, 5) is 13.3. The summed E-state index contributed by atoms with van der Waals surface area (Å²) in [6, 6.07) is 14.5. The highest BCUT2D eigenvalue weighted by molar-refractivity contribution is 5.93. The Morgan fingerprint density at radius 3 is 2.38 bits per heavy atom. The van der Waals surface area contributed by atoms with Crippen molar-refractivity contribution in [1.82, 2.24) is 0 Å². The van der Waals surface area contributed by atoms with Crippen molar-refractivity contribution in [2.75, 3.05) is 25.1 Å². The Morgan fingerprint density at radius 2 is 1.81 bits per heavy atom. The quantitative estimate of drug-likeness (QED) is 0.651. The lowest BCUT2D eigenvalue weighted by atomic mass is 10.0. The first-order valence-electron chi connectivity index (χ1n) is 8.51. The minimum absolute atomic E-state index is 0.193. The van der Waals surface area contributed by atoms with Gasteiger partial charge in [-0.3, -0.25) is 0 Å². The predicted octanol–water partition coefficient (Wildman–Crippen LogP) is 4.06. The molecule has 0 amide bonds. The zero-order valence-corrected chi connectivity index (χ0v) is 14.6. The van der Waals surface area contributed by atoms with E-state index >= 15 is 0 Å². The number of carboxylic acid groups (broad SMARTS) is 1. The number of hydrogen-bond acceptors (Lipinski definition) is 4. The first-order chi connectivity index (χ1) is 12.6. The van der Waals surface area contributed by atoms with E-state index in [1.54, 1.807) is 25.3 Å². The number of nitriles is 1. The third-order valence-corrected chi connectivity index (χ3v) is 4.55. The van der Waals surface area contributed by atoms with E-state index in [2.05, 4.69) is 11.0 Å². The van der Waals surface area contributed by atoms with E-state index in [0.29, 0.717) is 16.9 Å². The SMILES string of the molecule is COc1cc(N2CCCC2)ccc1/C=C(/C#N)c1ccc(C(=O)O)cc1. The molecule has 0 saturated carbocycles. The second-order valence-electron chi connectivity index (χ2n) is 6.17. The molecule has 0 aliphatic carbocycles. The monoisotopic (exact) mass is 348 g/mol. The van der Waals surface area contributed by atoms with Crippen molar-refractivity contribution in [3.63, 3.8) is 0 Å². The topological polar surface area (TPSA) is 73.6 Å². The van der Waals surface area contributed by atoms with E-state index < -0.39 is 5.97 Å². The van der Waals surface area contributed by atoms with Crippen LogP contribution in [0.5, 0.6) is 5.75 Å². The average molecular weight is 348 g/mol. The van der Waals surface area contributed by atoms with Crippen molar-refractivity contribution >= 4 is 23.3 Å². The van der Waals surface area contributed by atoms with Gasteiger partial charge in [-0.05, 0) is 48.7 Å². The average Bonchev–Trinajstić information content (AvgIpc) is 3.21. The molecule has 0 aromatic heterocycles. The molecular weight excluding hydrogens is 328 g/mol. The molecule has 1 N–H and O–H groups in total. The standard InChI is InChI=1S/C21H20N2O3/c1-26-20-13-19(23-10-2-3-11-23)9-8-17(20)12-18(14-22)15-4-6-16(7-5-15)21(24)25/h4-9,12-13H,2-3,10-11H2,1H3,(H,24,25)/b18-12-. The van der Waals surface area contributed by atoms with Crippen LogP contribution in [0.3, 0.4) is 0 Å². The fourth-order valence-corrected chi connectivity index (χ4v) is 3.12. The van der Waals surface area contributed by atoms with Crippen molar-refractivity contribution in [2.45, 2.75) is 12.8 Å². The highest BCUT2D eigenvalue weighted by Gasteiger charge is 2.14. The predicted molar refractivity (Wildman–Crippen MR) is 101 cm³/mol. The third-order valence-electron chi connectivity index (χ3n) is 4.55. The number of methoxy groups -OCH3 is 1. The molecular formula is C21H20N2O3. The maximum Gasteiger partial charge on any atom is 0.335 e. The molecule has 0 bridgehead atoms. The number of nitrogens with zero attached hydrogens (tertiary/aromatic N) is 2. The molecule has 132 valence electrons. The Labute approximate surface area is 152 Å². The van der Waals surface area contributed by atoms with Crippen LogP contribution in [0, 0.1) is 11.3 Å². The van der Waals surface area contributed by atoms with Crippen LogP contribution >= 0.6 is 0 Å². The minimum atomic E-state index is -0.988. The lowest BCUT2D eigenvalue weighted by molar-refractivity contribution is 0.0697. The summed E-state index contributed by atoms with van der Waals surface area (Å²) in [5, 5.41) is 18.5. The van der Waals surface area contributed by atoms with Gasteiger partial charge < -0.3 is 14.7 Å². The van der Waals surface area contributed by atoms with Gasteiger partial charge >= 0.3 is 5.97 Å². The van der Waals surface area contributed by atoms with E-state index in [-0.39, 0.29) is 5.56 Å². The number of anilines is 1. The van der Waals surface area contributed by atoms with Crippen molar-refractivity contribution in [3.05, 3.63) is 59.2 Å². The Kier molecular flexibility index (Phi) is 5.23. The summed E-state index contributed by atoms with van der Waals surface area (Å²) in [7, 11) is 1.62. The van der Waals surface area contributed by atoms with Crippen molar-refractivity contribution in [1.29, 1.82) is 5.26 Å². The van der Waals surface area contributed by atoms with E-state index in [1.165, 1.54) is 25.0 Å². The molecule has 3 rings (SSSR count). The number of hydrogen-bond donors (Lipinski definition) is 1. The van der Waals surface area contributed by atoms with Crippen LogP contribution in [0.4, 0.5) is 5.69 Å². The van der Waals surface area contributed by atoms with Gasteiger partial charge in [-0.2, -0.15) is 5.26 Å². The van der Waals surface area contributed by atoms with Crippen LogP contribution in [-0.2, 0) is 0 Å². The Morgan fingerprint density at radius 1 is 1.15 bits per heavy atom. The summed E-state index contributed by atoms with van der Waals surface area (Å²) in [5.74, 6) is -0.275.